The number of carbonyl (C=O) groups is 1. The molecule has 0 saturated heterocycles. The average molecular weight is 383 g/mol. The van der Waals surface area contributed by atoms with Crippen molar-refractivity contribution >= 4 is 63.7 Å². The first-order chi connectivity index (χ1) is 10.3. The fourth-order valence-electron chi connectivity index (χ4n) is 1.59. The number of thiocarbonyl (C=S) groups is 1. The van der Waals surface area contributed by atoms with Crippen LogP contribution in [0.1, 0.15) is 26.2 Å². The van der Waals surface area contributed by atoms with E-state index < -0.39 is 9.96 Å². The molecule has 1 rings (SSSR count). The van der Waals surface area contributed by atoms with Crippen LogP contribution in [0.3, 0.4) is 0 Å². The number of hydrogen-bond acceptors (Lipinski definition) is 2. The maximum atomic E-state index is 11.8. The van der Waals surface area contributed by atoms with Crippen LogP contribution in [0.5, 0.6) is 0 Å². The smallest absolute Gasteiger partial charge is 0.228 e. The van der Waals surface area contributed by atoms with Gasteiger partial charge in [0.1, 0.15) is 6.17 Å². The van der Waals surface area contributed by atoms with Gasteiger partial charge in [-0.1, -0.05) is 66.3 Å². The molecular formula is C14H18Cl3N3OS. The predicted octanol–water partition coefficient (Wildman–Crippen LogP) is 3.98. The lowest BCUT2D eigenvalue weighted by molar-refractivity contribution is -0.122. The van der Waals surface area contributed by atoms with Gasteiger partial charge in [0.05, 0.1) is 0 Å². The Morgan fingerprint density at radius 3 is 2.41 bits per heavy atom. The van der Waals surface area contributed by atoms with Gasteiger partial charge in [-0.05, 0) is 30.8 Å². The fraction of sp³-hybridized carbons (Fsp3) is 0.429. The maximum Gasteiger partial charge on any atom is 0.228 e. The molecule has 1 aromatic rings. The highest BCUT2D eigenvalue weighted by Crippen LogP contribution is 2.29. The predicted molar refractivity (Wildman–Crippen MR) is 97.5 cm³/mol. The molecule has 0 aliphatic heterocycles. The molecule has 1 aromatic carbocycles. The SMILES string of the molecule is CCCCC(=O)N[C@H](NC(=S)Nc1ccccc1)C(Cl)(Cl)Cl. The number of benzene rings is 1. The number of amides is 1. The zero-order valence-corrected chi connectivity index (χ0v) is 15.1. The summed E-state index contributed by atoms with van der Waals surface area (Å²) in [6.45, 7) is 2.00. The quantitative estimate of drug-likeness (QED) is 0.396. The third kappa shape index (κ3) is 7.49. The summed E-state index contributed by atoms with van der Waals surface area (Å²) in [6, 6.07) is 9.31. The summed E-state index contributed by atoms with van der Waals surface area (Å²) in [5.41, 5.74) is 0.792. The highest BCUT2D eigenvalue weighted by atomic mass is 35.6. The normalized spacial score (nSPS) is 12.4. The highest BCUT2D eigenvalue weighted by Gasteiger charge is 2.34. The Kier molecular flexibility index (Phi) is 8.25. The maximum absolute atomic E-state index is 11.8. The molecule has 1 atom stereocenters. The molecule has 0 radical (unpaired) electrons. The van der Waals surface area contributed by atoms with Gasteiger partial charge < -0.3 is 16.0 Å². The summed E-state index contributed by atoms with van der Waals surface area (Å²) in [5.74, 6) is -0.201. The Morgan fingerprint density at radius 1 is 1.23 bits per heavy atom. The van der Waals surface area contributed by atoms with Crippen molar-refractivity contribution in [1.82, 2.24) is 10.6 Å². The van der Waals surface area contributed by atoms with Gasteiger partial charge >= 0.3 is 0 Å². The molecular weight excluding hydrogens is 365 g/mol. The van der Waals surface area contributed by atoms with E-state index >= 15 is 0 Å². The van der Waals surface area contributed by atoms with E-state index in [1.165, 1.54) is 0 Å². The summed E-state index contributed by atoms with van der Waals surface area (Å²) >= 11 is 22.8. The van der Waals surface area contributed by atoms with Crippen LogP contribution in [0.4, 0.5) is 5.69 Å². The van der Waals surface area contributed by atoms with E-state index in [-0.39, 0.29) is 11.0 Å². The van der Waals surface area contributed by atoms with Crippen molar-refractivity contribution in [3.05, 3.63) is 30.3 Å². The third-order valence-corrected chi connectivity index (χ3v) is 3.57. The summed E-state index contributed by atoms with van der Waals surface area (Å²) in [4.78, 5) is 11.8. The molecule has 3 N–H and O–H groups in total. The zero-order valence-electron chi connectivity index (χ0n) is 12.0. The van der Waals surface area contributed by atoms with Crippen molar-refractivity contribution in [3.8, 4) is 0 Å². The van der Waals surface area contributed by atoms with Crippen molar-refractivity contribution in [2.45, 2.75) is 36.1 Å². The van der Waals surface area contributed by atoms with Gasteiger partial charge in [0.2, 0.25) is 9.70 Å². The van der Waals surface area contributed by atoms with Gasteiger partial charge in [-0.15, -0.1) is 0 Å². The first kappa shape index (κ1) is 19.3. The third-order valence-electron chi connectivity index (χ3n) is 2.70. The van der Waals surface area contributed by atoms with Crippen molar-refractivity contribution < 1.29 is 4.79 Å². The number of nitrogens with one attached hydrogen (secondary N) is 3. The highest BCUT2D eigenvalue weighted by molar-refractivity contribution is 7.80. The van der Waals surface area contributed by atoms with Crippen LogP contribution in [0.25, 0.3) is 0 Å². The minimum Gasteiger partial charge on any atom is -0.339 e. The van der Waals surface area contributed by atoms with Crippen molar-refractivity contribution in [1.29, 1.82) is 0 Å². The average Bonchev–Trinajstić information content (AvgIpc) is 2.44. The van der Waals surface area contributed by atoms with Crippen molar-refractivity contribution in [2.75, 3.05) is 5.32 Å². The number of hydrogen-bond donors (Lipinski definition) is 3. The zero-order chi connectivity index (χ0) is 16.6. The molecule has 0 aliphatic carbocycles. The Labute approximate surface area is 150 Å². The van der Waals surface area contributed by atoms with E-state index in [2.05, 4.69) is 16.0 Å². The van der Waals surface area contributed by atoms with E-state index in [9.17, 15) is 4.79 Å². The van der Waals surface area contributed by atoms with Gasteiger partial charge in [0.15, 0.2) is 5.11 Å². The number of para-hydroxylation sites is 1. The van der Waals surface area contributed by atoms with Crippen LogP contribution in [-0.4, -0.2) is 21.0 Å². The van der Waals surface area contributed by atoms with Gasteiger partial charge in [0.25, 0.3) is 0 Å². The van der Waals surface area contributed by atoms with Gasteiger partial charge in [-0.25, -0.2) is 0 Å². The molecule has 1 amide bonds. The van der Waals surface area contributed by atoms with Crippen molar-refractivity contribution in [3.63, 3.8) is 0 Å². The van der Waals surface area contributed by atoms with E-state index in [0.717, 1.165) is 18.5 Å². The summed E-state index contributed by atoms with van der Waals surface area (Å²) in [6.07, 6.45) is 1.12. The van der Waals surface area contributed by atoms with Crippen LogP contribution in [-0.2, 0) is 4.79 Å². The molecule has 122 valence electrons. The van der Waals surface area contributed by atoms with Crippen LogP contribution < -0.4 is 16.0 Å². The molecule has 0 unspecified atom stereocenters. The van der Waals surface area contributed by atoms with E-state index in [4.69, 9.17) is 47.0 Å². The lowest BCUT2D eigenvalue weighted by Crippen LogP contribution is -2.56. The van der Waals surface area contributed by atoms with Crippen molar-refractivity contribution in [2.24, 2.45) is 0 Å². The number of rotatable bonds is 6. The molecule has 0 aliphatic rings. The van der Waals surface area contributed by atoms with E-state index in [1.807, 2.05) is 37.3 Å². The topological polar surface area (TPSA) is 53.2 Å². The minimum atomic E-state index is -1.73. The lowest BCUT2D eigenvalue weighted by Gasteiger charge is -2.27. The standard InChI is InChI=1S/C14H18Cl3N3OS/c1-2-3-9-11(21)19-12(14(15,16)17)20-13(22)18-10-7-5-4-6-8-10/h4-8,12H,2-3,9H2,1H3,(H,19,21)(H2,18,20,22)/t12-/m1/s1. The van der Waals surface area contributed by atoms with Crippen LogP contribution in [0.2, 0.25) is 0 Å². The molecule has 0 spiro atoms. The van der Waals surface area contributed by atoms with Crippen LogP contribution in [0, 0.1) is 0 Å². The molecule has 0 saturated carbocycles. The van der Waals surface area contributed by atoms with E-state index in [1.54, 1.807) is 0 Å². The largest absolute Gasteiger partial charge is 0.339 e. The van der Waals surface area contributed by atoms with Crippen LogP contribution in [0.15, 0.2) is 30.3 Å². The Morgan fingerprint density at radius 2 is 1.86 bits per heavy atom. The number of alkyl halides is 3. The molecule has 0 heterocycles. The second-order valence-electron chi connectivity index (χ2n) is 4.61. The summed E-state index contributed by atoms with van der Waals surface area (Å²) in [7, 11) is 0. The van der Waals surface area contributed by atoms with E-state index in [0.29, 0.717) is 6.42 Å². The molecule has 0 aromatic heterocycles. The molecule has 4 nitrogen and oxygen atoms in total. The fourth-order valence-corrected chi connectivity index (χ4v) is 2.15. The Balaban J connectivity index is 2.61. The Bertz CT molecular complexity index is 494. The van der Waals surface area contributed by atoms with Gasteiger partial charge in [-0.2, -0.15) is 0 Å². The van der Waals surface area contributed by atoms with Gasteiger partial charge in [-0.3, -0.25) is 4.79 Å². The molecule has 8 heteroatoms. The lowest BCUT2D eigenvalue weighted by atomic mass is 10.2. The molecule has 0 fully saturated rings. The van der Waals surface area contributed by atoms with Crippen LogP contribution >= 0.6 is 47.0 Å². The molecule has 22 heavy (non-hydrogen) atoms. The first-order valence-electron chi connectivity index (χ1n) is 6.81. The monoisotopic (exact) mass is 381 g/mol. The van der Waals surface area contributed by atoms with Gasteiger partial charge in [0, 0.05) is 12.1 Å². The minimum absolute atomic E-state index is 0.201. The molecule has 0 bridgehead atoms. The number of halogens is 3. The second kappa shape index (κ2) is 9.40. The summed E-state index contributed by atoms with van der Waals surface area (Å²) in [5, 5.41) is 8.64. The number of anilines is 1. The number of unbranched alkanes of at least 4 members (excludes halogenated alkanes) is 1. The Hall–Kier alpha value is -0.750. The first-order valence-corrected chi connectivity index (χ1v) is 8.35. The second-order valence-corrected chi connectivity index (χ2v) is 7.39. The number of carbonyl (C=O) groups excluding carboxylic acids is 1. The summed E-state index contributed by atoms with van der Waals surface area (Å²) < 4.78 is -1.73.